The maximum Gasteiger partial charge on any atom is 0.243 e. The van der Waals surface area contributed by atoms with Crippen LogP contribution in [0, 0.1) is 0 Å². The van der Waals surface area contributed by atoms with Crippen molar-refractivity contribution in [3.8, 4) is 0 Å². The van der Waals surface area contributed by atoms with E-state index in [9.17, 15) is 4.79 Å². The van der Waals surface area contributed by atoms with Crippen LogP contribution in [0.4, 0.5) is 0 Å². The smallest absolute Gasteiger partial charge is 0.243 e. The van der Waals surface area contributed by atoms with E-state index in [-0.39, 0.29) is 18.2 Å². The Morgan fingerprint density at radius 3 is 2.88 bits per heavy atom. The number of aromatic nitrogens is 2. The fourth-order valence-corrected chi connectivity index (χ4v) is 4.39. The molecule has 1 unspecified atom stereocenters. The topological polar surface area (TPSA) is 56.6 Å². The first-order valence-electron chi connectivity index (χ1n) is 9.23. The van der Waals surface area contributed by atoms with Gasteiger partial charge < -0.3 is 18.9 Å². The number of para-hydroxylation sites is 2. The second kappa shape index (κ2) is 7.98. The zero-order valence-electron chi connectivity index (χ0n) is 15.1. The zero-order valence-corrected chi connectivity index (χ0v) is 15.9. The van der Waals surface area contributed by atoms with Crippen LogP contribution in [0.5, 0.6) is 0 Å². The van der Waals surface area contributed by atoms with Gasteiger partial charge in [-0.25, -0.2) is 4.98 Å². The van der Waals surface area contributed by atoms with Crippen LogP contribution in [-0.2, 0) is 26.6 Å². The van der Waals surface area contributed by atoms with Crippen LogP contribution in [0.15, 0.2) is 24.3 Å². The summed E-state index contributed by atoms with van der Waals surface area (Å²) < 4.78 is 13.5. The minimum absolute atomic E-state index is 0.0255. The average molecular weight is 375 g/mol. The molecule has 2 aromatic rings. The number of nitrogens with zero attached hydrogens (tertiary/aromatic N) is 3. The molecule has 0 saturated carbocycles. The van der Waals surface area contributed by atoms with E-state index in [0.717, 1.165) is 48.4 Å². The molecule has 2 fully saturated rings. The van der Waals surface area contributed by atoms with Crippen LogP contribution in [0.1, 0.15) is 25.1 Å². The van der Waals surface area contributed by atoms with Crippen molar-refractivity contribution in [3.63, 3.8) is 0 Å². The molecule has 26 heavy (non-hydrogen) atoms. The SMILES string of the molecule is CSCc1nc2ccccc2n1CC(=O)N1CCCCC1C1OCCO1. The molecule has 1 atom stereocenters. The van der Waals surface area contributed by atoms with Crippen molar-refractivity contribution in [1.29, 1.82) is 0 Å². The van der Waals surface area contributed by atoms with Crippen LogP contribution in [0.2, 0.25) is 0 Å². The summed E-state index contributed by atoms with van der Waals surface area (Å²) in [7, 11) is 0. The maximum absolute atomic E-state index is 13.2. The van der Waals surface area contributed by atoms with Crippen molar-refractivity contribution >= 4 is 28.7 Å². The molecule has 4 rings (SSSR count). The van der Waals surface area contributed by atoms with Gasteiger partial charge in [-0.3, -0.25) is 4.79 Å². The highest BCUT2D eigenvalue weighted by molar-refractivity contribution is 7.97. The van der Waals surface area contributed by atoms with Crippen LogP contribution in [0.3, 0.4) is 0 Å². The van der Waals surface area contributed by atoms with Crippen molar-refractivity contribution in [3.05, 3.63) is 30.1 Å². The Kier molecular flexibility index (Phi) is 5.47. The second-order valence-electron chi connectivity index (χ2n) is 6.80. The largest absolute Gasteiger partial charge is 0.348 e. The molecule has 2 saturated heterocycles. The van der Waals surface area contributed by atoms with Crippen LogP contribution in [-0.4, -0.2) is 58.7 Å². The minimum atomic E-state index is -0.274. The van der Waals surface area contributed by atoms with Gasteiger partial charge >= 0.3 is 0 Å². The number of hydrogen-bond acceptors (Lipinski definition) is 5. The first-order valence-corrected chi connectivity index (χ1v) is 10.6. The maximum atomic E-state index is 13.2. The van der Waals surface area contributed by atoms with Gasteiger partial charge in [0, 0.05) is 6.54 Å². The van der Waals surface area contributed by atoms with Gasteiger partial charge in [-0.1, -0.05) is 12.1 Å². The summed E-state index contributed by atoms with van der Waals surface area (Å²) in [5, 5.41) is 0. The number of thioether (sulfide) groups is 1. The van der Waals surface area contributed by atoms with Crippen molar-refractivity contribution in [2.24, 2.45) is 0 Å². The lowest BCUT2D eigenvalue weighted by molar-refractivity contribution is -0.151. The number of piperidine rings is 1. The summed E-state index contributed by atoms with van der Waals surface area (Å²) in [6.45, 7) is 2.33. The van der Waals surface area contributed by atoms with Gasteiger partial charge in [0.05, 0.1) is 36.0 Å². The molecule has 1 amide bonds. The fourth-order valence-electron chi connectivity index (χ4n) is 3.92. The molecule has 2 aliphatic heterocycles. The molecular formula is C19H25N3O3S. The Labute approximate surface area is 157 Å². The van der Waals surface area contributed by atoms with Crippen molar-refractivity contribution in [2.45, 2.75) is 43.9 Å². The molecular weight excluding hydrogens is 350 g/mol. The molecule has 2 aliphatic rings. The Hall–Kier alpha value is -1.57. The number of carbonyl (C=O) groups is 1. The zero-order chi connectivity index (χ0) is 17.9. The van der Waals surface area contributed by atoms with E-state index < -0.39 is 0 Å². The van der Waals surface area contributed by atoms with Crippen molar-refractivity contribution in [1.82, 2.24) is 14.5 Å². The second-order valence-corrected chi connectivity index (χ2v) is 7.66. The molecule has 6 nitrogen and oxygen atoms in total. The summed E-state index contributed by atoms with van der Waals surface area (Å²) in [5.74, 6) is 1.87. The van der Waals surface area contributed by atoms with Gasteiger partial charge in [-0.2, -0.15) is 11.8 Å². The normalized spacial score (nSPS) is 21.6. The summed E-state index contributed by atoms with van der Waals surface area (Å²) in [5.41, 5.74) is 1.97. The highest BCUT2D eigenvalue weighted by Gasteiger charge is 2.36. The molecule has 7 heteroatoms. The van der Waals surface area contributed by atoms with E-state index in [4.69, 9.17) is 14.5 Å². The molecule has 0 N–H and O–H groups in total. The Morgan fingerprint density at radius 2 is 2.08 bits per heavy atom. The number of amides is 1. The summed E-state index contributed by atoms with van der Waals surface area (Å²) in [6.07, 6.45) is 4.88. The number of ether oxygens (including phenoxy) is 2. The van der Waals surface area contributed by atoms with Gasteiger partial charge in [0.25, 0.3) is 0 Å². The average Bonchev–Trinajstić information content (AvgIpc) is 3.31. The number of fused-ring (bicyclic) bond motifs is 1. The number of benzene rings is 1. The van der Waals surface area contributed by atoms with E-state index in [1.165, 1.54) is 0 Å². The van der Waals surface area contributed by atoms with Gasteiger partial charge in [-0.15, -0.1) is 0 Å². The molecule has 0 bridgehead atoms. The highest BCUT2D eigenvalue weighted by atomic mass is 32.2. The number of hydrogen-bond donors (Lipinski definition) is 0. The van der Waals surface area contributed by atoms with E-state index in [1.54, 1.807) is 11.8 Å². The Balaban J connectivity index is 1.58. The third-order valence-electron chi connectivity index (χ3n) is 5.13. The van der Waals surface area contributed by atoms with E-state index in [1.807, 2.05) is 29.2 Å². The van der Waals surface area contributed by atoms with Crippen molar-refractivity contribution < 1.29 is 14.3 Å². The van der Waals surface area contributed by atoms with E-state index in [2.05, 4.69) is 10.8 Å². The Bertz CT molecular complexity index is 772. The lowest BCUT2D eigenvalue weighted by atomic mass is 10.0. The van der Waals surface area contributed by atoms with Crippen LogP contribution in [0.25, 0.3) is 11.0 Å². The molecule has 0 radical (unpaired) electrons. The molecule has 1 aromatic heterocycles. The number of imidazole rings is 1. The molecule has 0 aliphatic carbocycles. The third-order valence-corrected chi connectivity index (χ3v) is 5.68. The quantitative estimate of drug-likeness (QED) is 0.804. The predicted molar refractivity (Wildman–Crippen MR) is 102 cm³/mol. The highest BCUT2D eigenvalue weighted by Crippen LogP contribution is 2.26. The molecule has 1 aromatic carbocycles. The first kappa shape index (κ1) is 17.8. The first-order chi connectivity index (χ1) is 12.8. The van der Waals surface area contributed by atoms with Crippen LogP contribution < -0.4 is 0 Å². The van der Waals surface area contributed by atoms with Gasteiger partial charge in [-0.05, 0) is 37.7 Å². The fraction of sp³-hybridized carbons (Fsp3) is 0.579. The number of likely N-dealkylation sites (tertiary alicyclic amines) is 1. The standard InChI is InChI=1S/C19H25N3O3S/c1-26-13-17-20-14-6-2-3-7-15(14)22(17)12-18(23)21-9-5-4-8-16(21)19-24-10-11-25-19/h2-3,6-7,16,19H,4-5,8-13H2,1H3. The van der Waals surface area contributed by atoms with E-state index >= 15 is 0 Å². The summed E-state index contributed by atoms with van der Waals surface area (Å²) >= 11 is 1.72. The van der Waals surface area contributed by atoms with Gasteiger partial charge in [0.2, 0.25) is 5.91 Å². The van der Waals surface area contributed by atoms with Crippen LogP contribution >= 0.6 is 11.8 Å². The van der Waals surface area contributed by atoms with Gasteiger partial charge in [0.15, 0.2) is 6.29 Å². The van der Waals surface area contributed by atoms with E-state index in [0.29, 0.717) is 19.8 Å². The summed E-state index contributed by atoms with van der Waals surface area (Å²) in [4.78, 5) is 19.9. The summed E-state index contributed by atoms with van der Waals surface area (Å²) in [6, 6.07) is 8.05. The lowest BCUT2D eigenvalue weighted by Gasteiger charge is -2.38. The predicted octanol–water partition coefficient (Wildman–Crippen LogP) is 2.65. The Morgan fingerprint density at radius 1 is 1.27 bits per heavy atom. The van der Waals surface area contributed by atoms with Gasteiger partial charge in [0.1, 0.15) is 12.4 Å². The minimum Gasteiger partial charge on any atom is -0.348 e. The lowest BCUT2D eigenvalue weighted by Crippen LogP contribution is -2.51. The molecule has 0 spiro atoms. The molecule has 3 heterocycles. The third kappa shape index (κ3) is 3.48. The molecule has 140 valence electrons. The number of rotatable bonds is 5. The van der Waals surface area contributed by atoms with Crippen molar-refractivity contribution in [2.75, 3.05) is 26.0 Å². The number of carbonyl (C=O) groups excluding carboxylic acids is 1. The monoisotopic (exact) mass is 375 g/mol.